The molecule has 3 rings (SSSR count). The summed E-state index contributed by atoms with van der Waals surface area (Å²) in [6, 6.07) is 19.2. The maximum Gasteiger partial charge on any atom is 0.119 e. The molecular formula is C17H19NOS. The Morgan fingerprint density at radius 2 is 1.85 bits per heavy atom. The van der Waals surface area contributed by atoms with E-state index in [4.69, 9.17) is 4.74 Å². The van der Waals surface area contributed by atoms with Crippen LogP contribution in [-0.2, 0) is 0 Å². The molecule has 1 aliphatic heterocycles. The Bertz CT molecular complexity index is 544. The standard InChI is InChI=1S/C17H19NOS/c1-2-7-14(8-3-1)19-12-6-11-18-16-13-20-17-10-5-4-9-15(16)17/h1-5,7-10,16,18H,6,11-13H2. The topological polar surface area (TPSA) is 21.3 Å². The number of thioether (sulfide) groups is 1. The Kier molecular flexibility index (Phi) is 4.61. The lowest BCUT2D eigenvalue weighted by Crippen LogP contribution is -2.23. The molecule has 0 spiro atoms. The third-order valence-electron chi connectivity index (χ3n) is 3.42. The van der Waals surface area contributed by atoms with Gasteiger partial charge in [-0.25, -0.2) is 0 Å². The molecule has 0 aliphatic carbocycles. The van der Waals surface area contributed by atoms with Gasteiger partial charge in [-0.1, -0.05) is 36.4 Å². The first-order valence-corrected chi connectivity index (χ1v) is 8.05. The molecule has 0 fully saturated rings. The number of para-hydroxylation sites is 1. The van der Waals surface area contributed by atoms with E-state index >= 15 is 0 Å². The van der Waals surface area contributed by atoms with E-state index in [9.17, 15) is 0 Å². The minimum atomic E-state index is 0.493. The molecule has 1 unspecified atom stereocenters. The highest BCUT2D eigenvalue weighted by Gasteiger charge is 2.21. The van der Waals surface area contributed by atoms with Crippen LogP contribution in [0.15, 0.2) is 59.5 Å². The lowest BCUT2D eigenvalue weighted by molar-refractivity contribution is 0.306. The van der Waals surface area contributed by atoms with Crippen molar-refractivity contribution in [3.05, 3.63) is 60.2 Å². The molecule has 0 aromatic heterocycles. The van der Waals surface area contributed by atoms with Crippen molar-refractivity contribution in [2.24, 2.45) is 0 Å². The summed E-state index contributed by atoms with van der Waals surface area (Å²) in [5.41, 5.74) is 1.45. The van der Waals surface area contributed by atoms with Crippen LogP contribution in [-0.4, -0.2) is 18.9 Å². The summed E-state index contributed by atoms with van der Waals surface area (Å²) in [6.45, 7) is 1.75. The summed E-state index contributed by atoms with van der Waals surface area (Å²) >= 11 is 1.94. The van der Waals surface area contributed by atoms with Crippen LogP contribution in [0.25, 0.3) is 0 Å². The molecule has 2 aromatic rings. The fourth-order valence-electron chi connectivity index (χ4n) is 2.39. The molecule has 104 valence electrons. The third-order valence-corrected chi connectivity index (χ3v) is 4.61. The van der Waals surface area contributed by atoms with Gasteiger partial charge in [0.05, 0.1) is 6.61 Å². The largest absolute Gasteiger partial charge is 0.494 e. The molecule has 1 heterocycles. The molecule has 2 nitrogen and oxygen atoms in total. The zero-order chi connectivity index (χ0) is 13.6. The molecule has 0 radical (unpaired) electrons. The molecule has 1 N–H and O–H groups in total. The number of nitrogens with one attached hydrogen (secondary N) is 1. The monoisotopic (exact) mass is 285 g/mol. The summed E-state index contributed by atoms with van der Waals surface area (Å²) in [5, 5.41) is 3.62. The van der Waals surface area contributed by atoms with Crippen molar-refractivity contribution >= 4 is 11.8 Å². The maximum absolute atomic E-state index is 5.69. The predicted octanol–water partition coefficient (Wildman–Crippen LogP) is 3.89. The van der Waals surface area contributed by atoms with Crippen molar-refractivity contribution in [1.29, 1.82) is 0 Å². The smallest absolute Gasteiger partial charge is 0.119 e. The number of rotatable bonds is 6. The molecular weight excluding hydrogens is 266 g/mol. The molecule has 0 bridgehead atoms. The quantitative estimate of drug-likeness (QED) is 0.814. The number of ether oxygens (including phenoxy) is 1. The maximum atomic E-state index is 5.69. The minimum absolute atomic E-state index is 0.493. The zero-order valence-corrected chi connectivity index (χ0v) is 12.2. The second kappa shape index (κ2) is 6.82. The van der Waals surface area contributed by atoms with Crippen LogP contribution >= 0.6 is 11.8 Å². The normalized spacial score (nSPS) is 16.9. The fourth-order valence-corrected chi connectivity index (χ4v) is 3.58. The Morgan fingerprint density at radius 3 is 2.75 bits per heavy atom. The van der Waals surface area contributed by atoms with E-state index in [1.54, 1.807) is 0 Å². The van der Waals surface area contributed by atoms with Gasteiger partial charge in [-0.3, -0.25) is 0 Å². The van der Waals surface area contributed by atoms with Crippen molar-refractivity contribution in [2.75, 3.05) is 18.9 Å². The average Bonchev–Trinajstić information content (AvgIpc) is 2.91. The highest BCUT2D eigenvalue weighted by atomic mass is 32.2. The fraction of sp³-hybridized carbons (Fsp3) is 0.294. The molecule has 1 aliphatic rings. The predicted molar refractivity (Wildman–Crippen MR) is 84.5 cm³/mol. The molecule has 0 saturated heterocycles. The highest BCUT2D eigenvalue weighted by molar-refractivity contribution is 7.99. The van der Waals surface area contributed by atoms with Crippen molar-refractivity contribution in [3.63, 3.8) is 0 Å². The number of fused-ring (bicyclic) bond motifs is 1. The number of hydrogen-bond acceptors (Lipinski definition) is 3. The first-order chi connectivity index (χ1) is 9.93. The van der Waals surface area contributed by atoms with Crippen LogP contribution in [0.3, 0.4) is 0 Å². The summed E-state index contributed by atoms with van der Waals surface area (Å²) in [7, 11) is 0. The van der Waals surface area contributed by atoms with E-state index in [1.165, 1.54) is 10.5 Å². The van der Waals surface area contributed by atoms with Crippen LogP contribution < -0.4 is 10.1 Å². The van der Waals surface area contributed by atoms with E-state index in [0.717, 1.165) is 31.1 Å². The van der Waals surface area contributed by atoms with E-state index in [2.05, 4.69) is 29.6 Å². The first-order valence-electron chi connectivity index (χ1n) is 7.06. The molecule has 3 heteroatoms. The van der Waals surface area contributed by atoms with Crippen molar-refractivity contribution in [1.82, 2.24) is 5.32 Å². The zero-order valence-electron chi connectivity index (χ0n) is 11.4. The number of benzene rings is 2. The van der Waals surface area contributed by atoms with Gasteiger partial charge in [-0.15, -0.1) is 11.8 Å². The molecule has 1 atom stereocenters. The highest BCUT2D eigenvalue weighted by Crippen LogP contribution is 2.37. The Balaban J connectivity index is 1.39. The summed E-state index contributed by atoms with van der Waals surface area (Å²) < 4.78 is 5.69. The lowest BCUT2D eigenvalue weighted by atomic mass is 10.1. The molecule has 2 aromatic carbocycles. The van der Waals surface area contributed by atoms with Gasteiger partial charge in [0.1, 0.15) is 5.75 Å². The first kappa shape index (κ1) is 13.5. The third kappa shape index (κ3) is 3.35. The van der Waals surface area contributed by atoms with Gasteiger partial charge in [0.25, 0.3) is 0 Å². The van der Waals surface area contributed by atoms with E-state index in [1.807, 2.05) is 42.1 Å². The van der Waals surface area contributed by atoms with Gasteiger partial charge in [0.2, 0.25) is 0 Å². The van der Waals surface area contributed by atoms with Gasteiger partial charge in [-0.05, 0) is 36.7 Å². The SMILES string of the molecule is c1ccc(OCCCNC2CSc3ccccc32)cc1. The van der Waals surface area contributed by atoms with Gasteiger partial charge in [0, 0.05) is 16.7 Å². The van der Waals surface area contributed by atoms with Gasteiger partial charge in [-0.2, -0.15) is 0 Å². The lowest BCUT2D eigenvalue weighted by Gasteiger charge is -2.13. The second-order valence-electron chi connectivity index (χ2n) is 4.87. The summed E-state index contributed by atoms with van der Waals surface area (Å²) in [5.74, 6) is 2.09. The van der Waals surface area contributed by atoms with Crippen LogP contribution in [0, 0.1) is 0 Å². The van der Waals surface area contributed by atoms with E-state index in [-0.39, 0.29) is 0 Å². The van der Waals surface area contributed by atoms with Crippen LogP contribution in [0.1, 0.15) is 18.0 Å². The van der Waals surface area contributed by atoms with Gasteiger partial charge < -0.3 is 10.1 Å². The number of hydrogen-bond donors (Lipinski definition) is 1. The van der Waals surface area contributed by atoms with Crippen LogP contribution in [0.4, 0.5) is 0 Å². The Hall–Kier alpha value is -1.45. The summed E-state index contributed by atoms with van der Waals surface area (Å²) in [6.07, 6.45) is 1.03. The minimum Gasteiger partial charge on any atom is -0.494 e. The summed E-state index contributed by atoms with van der Waals surface area (Å²) in [4.78, 5) is 1.42. The van der Waals surface area contributed by atoms with Gasteiger partial charge >= 0.3 is 0 Å². The Morgan fingerprint density at radius 1 is 1.05 bits per heavy atom. The van der Waals surface area contributed by atoms with Crippen LogP contribution in [0.5, 0.6) is 5.75 Å². The van der Waals surface area contributed by atoms with Crippen LogP contribution in [0.2, 0.25) is 0 Å². The van der Waals surface area contributed by atoms with E-state index in [0.29, 0.717) is 6.04 Å². The van der Waals surface area contributed by atoms with Crippen molar-refractivity contribution < 1.29 is 4.74 Å². The van der Waals surface area contributed by atoms with Crippen molar-refractivity contribution in [3.8, 4) is 5.75 Å². The Labute approximate surface area is 124 Å². The second-order valence-corrected chi connectivity index (χ2v) is 5.93. The molecule has 0 amide bonds. The van der Waals surface area contributed by atoms with E-state index < -0.39 is 0 Å². The average molecular weight is 285 g/mol. The van der Waals surface area contributed by atoms with Crippen molar-refractivity contribution in [2.45, 2.75) is 17.4 Å². The molecule has 20 heavy (non-hydrogen) atoms. The molecule has 0 saturated carbocycles. The van der Waals surface area contributed by atoms with Gasteiger partial charge in [0.15, 0.2) is 0 Å².